The van der Waals surface area contributed by atoms with E-state index in [1.807, 2.05) is 46.1 Å². The van der Waals surface area contributed by atoms with Crippen molar-refractivity contribution in [1.82, 2.24) is 9.78 Å². The predicted molar refractivity (Wildman–Crippen MR) is 99.1 cm³/mol. The summed E-state index contributed by atoms with van der Waals surface area (Å²) < 4.78 is 1.82. The van der Waals surface area contributed by atoms with Gasteiger partial charge in [-0.3, -0.25) is 4.79 Å². The zero-order valence-electron chi connectivity index (χ0n) is 14.4. The molecule has 1 amide bonds. The molecule has 0 unspecified atom stereocenters. The van der Waals surface area contributed by atoms with Crippen LogP contribution in [0, 0.1) is 6.92 Å². The van der Waals surface area contributed by atoms with Crippen molar-refractivity contribution >= 4 is 11.6 Å². The minimum Gasteiger partial charge on any atom is -0.312 e. The van der Waals surface area contributed by atoms with Crippen LogP contribution in [0.1, 0.15) is 23.1 Å². The summed E-state index contributed by atoms with van der Waals surface area (Å²) >= 11 is 0. The van der Waals surface area contributed by atoms with Crippen molar-refractivity contribution < 1.29 is 4.79 Å². The topological polar surface area (TPSA) is 38.1 Å². The molecule has 1 aliphatic rings. The van der Waals surface area contributed by atoms with Crippen LogP contribution in [0.5, 0.6) is 0 Å². The predicted octanol–water partition coefficient (Wildman–Crippen LogP) is 3.70. The Bertz CT molecular complexity index is 899. The molecule has 0 saturated carbocycles. The normalized spacial score (nSPS) is 13.6. The Morgan fingerprint density at radius 1 is 1.16 bits per heavy atom. The molecule has 4 rings (SSSR count). The van der Waals surface area contributed by atoms with Crippen molar-refractivity contribution in [3.05, 3.63) is 77.6 Å². The summed E-state index contributed by atoms with van der Waals surface area (Å²) in [6.45, 7) is 2.89. The maximum absolute atomic E-state index is 12.8. The molecule has 0 saturated heterocycles. The third-order valence-electron chi connectivity index (χ3n) is 4.67. The zero-order valence-corrected chi connectivity index (χ0v) is 14.4. The minimum atomic E-state index is 0.136. The van der Waals surface area contributed by atoms with Crippen LogP contribution in [0.3, 0.4) is 0 Å². The van der Waals surface area contributed by atoms with E-state index in [1.54, 1.807) is 6.20 Å². The Morgan fingerprint density at radius 3 is 2.84 bits per heavy atom. The van der Waals surface area contributed by atoms with E-state index in [-0.39, 0.29) is 5.91 Å². The molecule has 0 bridgehead atoms. The summed E-state index contributed by atoms with van der Waals surface area (Å²) in [6, 6.07) is 16.3. The number of amides is 1. The number of rotatable bonds is 3. The van der Waals surface area contributed by atoms with Gasteiger partial charge in [-0.25, -0.2) is 4.68 Å². The molecule has 0 aliphatic carbocycles. The van der Waals surface area contributed by atoms with Gasteiger partial charge in [-0.15, -0.1) is 0 Å². The minimum absolute atomic E-state index is 0.136. The first kappa shape index (κ1) is 15.6. The fraction of sp³-hybridized carbons (Fsp3) is 0.238. The van der Waals surface area contributed by atoms with Crippen LogP contribution in [-0.4, -0.2) is 22.2 Å². The molecule has 0 fully saturated rings. The molecule has 4 nitrogen and oxygen atoms in total. The summed E-state index contributed by atoms with van der Waals surface area (Å²) in [5, 5.41) is 4.39. The average molecular weight is 331 g/mol. The molecule has 25 heavy (non-hydrogen) atoms. The van der Waals surface area contributed by atoms with Crippen molar-refractivity contribution in [3.8, 4) is 5.69 Å². The number of aromatic nitrogens is 2. The number of carbonyl (C=O) groups excluding carboxylic acids is 1. The van der Waals surface area contributed by atoms with Crippen LogP contribution in [-0.2, 0) is 17.6 Å². The van der Waals surface area contributed by atoms with Gasteiger partial charge in [-0.05, 0) is 49.1 Å². The molecule has 2 aromatic carbocycles. The Morgan fingerprint density at radius 2 is 2.00 bits per heavy atom. The lowest BCUT2D eigenvalue weighted by Crippen LogP contribution is -2.36. The van der Waals surface area contributed by atoms with Gasteiger partial charge in [0.15, 0.2) is 0 Å². The van der Waals surface area contributed by atoms with Gasteiger partial charge in [0.1, 0.15) is 0 Å². The lowest BCUT2D eigenvalue weighted by Gasteiger charge is -2.29. The summed E-state index contributed by atoms with van der Waals surface area (Å²) in [6.07, 6.45) is 6.16. The number of para-hydroxylation sites is 1. The number of benzene rings is 2. The van der Waals surface area contributed by atoms with Crippen molar-refractivity contribution in [3.63, 3.8) is 0 Å². The number of hydrogen-bond donors (Lipinski definition) is 0. The third kappa shape index (κ3) is 3.20. The first-order valence-electron chi connectivity index (χ1n) is 8.69. The molecular weight excluding hydrogens is 310 g/mol. The van der Waals surface area contributed by atoms with Gasteiger partial charge >= 0.3 is 0 Å². The summed E-state index contributed by atoms with van der Waals surface area (Å²) in [4.78, 5) is 14.8. The van der Waals surface area contributed by atoms with E-state index in [1.165, 1.54) is 11.1 Å². The molecule has 126 valence electrons. The lowest BCUT2D eigenvalue weighted by molar-refractivity contribution is -0.118. The molecule has 2 heterocycles. The summed E-state index contributed by atoms with van der Waals surface area (Å²) in [5.74, 6) is 0.136. The molecular formula is C21H21N3O. The number of anilines is 1. The Balaban J connectivity index is 1.53. The quantitative estimate of drug-likeness (QED) is 0.734. The Labute approximate surface area is 147 Å². The van der Waals surface area contributed by atoms with Crippen LogP contribution in [0.2, 0.25) is 0 Å². The zero-order chi connectivity index (χ0) is 17.2. The molecule has 0 N–H and O–H groups in total. The average Bonchev–Trinajstić information content (AvgIpc) is 3.10. The maximum Gasteiger partial charge on any atom is 0.231 e. The largest absolute Gasteiger partial charge is 0.312 e. The van der Waals surface area contributed by atoms with Crippen molar-refractivity contribution in [1.29, 1.82) is 0 Å². The Hall–Kier alpha value is -2.88. The van der Waals surface area contributed by atoms with Crippen molar-refractivity contribution in [2.75, 3.05) is 11.4 Å². The van der Waals surface area contributed by atoms with Crippen molar-refractivity contribution in [2.24, 2.45) is 0 Å². The SMILES string of the molecule is Cc1ccc2c(c1)CCCN2C(=O)Cc1cnn(-c2ccccc2)c1. The number of carbonyl (C=O) groups is 1. The van der Waals surface area contributed by atoms with Gasteiger partial charge in [0.2, 0.25) is 5.91 Å². The van der Waals surface area contributed by atoms with Crippen molar-refractivity contribution in [2.45, 2.75) is 26.2 Å². The maximum atomic E-state index is 12.8. The lowest BCUT2D eigenvalue weighted by atomic mass is 9.99. The van der Waals surface area contributed by atoms with Gasteiger partial charge < -0.3 is 4.90 Å². The Kier molecular flexibility index (Phi) is 4.10. The standard InChI is InChI=1S/C21H21N3O/c1-16-9-10-20-18(12-16)6-5-11-23(20)21(25)13-17-14-22-24(15-17)19-7-3-2-4-8-19/h2-4,7-10,12,14-15H,5-6,11,13H2,1H3. The van der Waals surface area contributed by atoms with E-state index >= 15 is 0 Å². The second kappa shape index (κ2) is 6.55. The van der Waals surface area contributed by atoms with Crippen LogP contribution in [0.4, 0.5) is 5.69 Å². The third-order valence-corrected chi connectivity index (χ3v) is 4.67. The van der Waals surface area contributed by atoms with E-state index in [0.29, 0.717) is 6.42 Å². The molecule has 1 aliphatic heterocycles. The highest BCUT2D eigenvalue weighted by atomic mass is 16.2. The summed E-state index contributed by atoms with van der Waals surface area (Å²) in [7, 11) is 0. The van der Waals surface area contributed by atoms with Gasteiger partial charge in [-0.1, -0.05) is 35.9 Å². The van der Waals surface area contributed by atoms with Gasteiger partial charge in [0, 0.05) is 18.4 Å². The molecule has 4 heteroatoms. The number of nitrogens with zero attached hydrogens (tertiary/aromatic N) is 3. The fourth-order valence-electron chi connectivity index (χ4n) is 3.43. The summed E-state index contributed by atoms with van der Waals surface area (Å²) in [5.41, 5.74) is 5.53. The van der Waals surface area contributed by atoms with E-state index in [2.05, 4.69) is 30.2 Å². The van der Waals surface area contributed by atoms with Crippen LogP contribution in [0.15, 0.2) is 60.9 Å². The molecule has 0 radical (unpaired) electrons. The van der Waals surface area contributed by atoms with Gasteiger partial charge in [0.05, 0.1) is 18.3 Å². The van der Waals surface area contributed by atoms with Crippen LogP contribution >= 0.6 is 0 Å². The van der Waals surface area contributed by atoms with Crippen LogP contribution < -0.4 is 4.90 Å². The molecule has 1 aromatic heterocycles. The number of fused-ring (bicyclic) bond motifs is 1. The number of aryl methyl sites for hydroxylation is 2. The monoisotopic (exact) mass is 331 g/mol. The first-order chi connectivity index (χ1) is 12.2. The van der Waals surface area contributed by atoms with E-state index in [4.69, 9.17) is 0 Å². The second-order valence-electron chi connectivity index (χ2n) is 6.59. The van der Waals surface area contributed by atoms with Gasteiger partial charge in [0.25, 0.3) is 0 Å². The second-order valence-corrected chi connectivity index (χ2v) is 6.59. The molecule has 0 atom stereocenters. The highest BCUT2D eigenvalue weighted by molar-refractivity contribution is 5.95. The van der Waals surface area contributed by atoms with E-state index in [0.717, 1.165) is 36.3 Å². The molecule has 0 spiro atoms. The van der Waals surface area contributed by atoms with Gasteiger partial charge in [-0.2, -0.15) is 5.10 Å². The fourth-order valence-corrected chi connectivity index (χ4v) is 3.43. The smallest absolute Gasteiger partial charge is 0.231 e. The van der Waals surface area contributed by atoms with E-state index in [9.17, 15) is 4.79 Å². The highest BCUT2D eigenvalue weighted by Crippen LogP contribution is 2.28. The first-order valence-corrected chi connectivity index (χ1v) is 8.69. The highest BCUT2D eigenvalue weighted by Gasteiger charge is 2.22. The van der Waals surface area contributed by atoms with E-state index < -0.39 is 0 Å². The van der Waals surface area contributed by atoms with Crippen LogP contribution in [0.25, 0.3) is 5.69 Å². The molecule has 3 aromatic rings. The number of hydrogen-bond acceptors (Lipinski definition) is 2.